The quantitative estimate of drug-likeness (QED) is 0.515. The van der Waals surface area contributed by atoms with Gasteiger partial charge in [-0.05, 0) is 29.8 Å². The van der Waals surface area contributed by atoms with Crippen molar-refractivity contribution >= 4 is 39.9 Å². The maximum Gasteiger partial charge on any atom is 0.339 e. The Morgan fingerprint density at radius 3 is 2.68 bits per heavy atom. The van der Waals surface area contributed by atoms with Gasteiger partial charge in [0.2, 0.25) is 0 Å². The normalized spacial score (nSPS) is 11.0. The molecule has 142 valence electrons. The number of hydrogen-bond donors (Lipinski definition) is 1. The molecule has 0 radical (unpaired) electrons. The van der Waals surface area contributed by atoms with Gasteiger partial charge in [-0.25, -0.2) is 14.8 Å². The van der Waals surface area contributed by atoms with Crippen LogP contribution < -0.4 is 10.1 Å². The highest BCUT2D eigenvalue weighted by Crippen LogP contribution is 2.27. The number of rotatable bonds is 5. The van der Waals surface area contributed by atoms with E-state index in [1.165, 1.54) is 7.11 Å². The standard InChI is InChI=1S/C20H17ClN4O3/c1-27-13-5-3-12(4-6-13)9-23-19-18-10-22-11-25(18)17-7-14(20(26)28-2)15(21)8-16(17)24-19/h3-8,10-11H,9H2,1-2H3,(H,23,24). The second-order valence-corrected chi connectivity index (χ2v) is 6.53. The van der Waals surface area contributed by atoms with Crippen LogP contribution >= 0.6 is 11.6 Å². The molecular weight excluding hydrogens is 380 g/mol. The van der Waals surface area contributed by atoms with E-state index < -0.39 is 5.97 Å². The second-order valence-electron chi connectivity index (χ2n) is 6.12. The Morgan fingerprint density at radius 2 is 1.96 bits per heavy atom. The van der Waals surface area contributed by atoms with Crippen LogP contribution in [-0.4, -0.2) is 34.6 Å². The summed E-state index contributed by atoms with van der Waals surface area (Å²) in [4.78, 5) is 20.9. The van der Waals surface area contributed by atoms with Gasteiger partial charge in [0.1, 0.15) is 11.3 Å². The first-order chi connectivity index (χ1) is 13.6. The zero-order valence-corrected chi connectivity index (χ0v) is 16.0. The summed E-state index contributed by atoms with van der Waals surface area (Å²) in [7, 11) is 2.96. The number of nitrogens with one attached hydrogen (secondary N) is 1. The molecule has 0 unspecified atom stereocenters. The Bertz CT molecular complexity index is 1170. The number of methoxy groups -OCH3 is 2. The average Bonchev–Trinajstić information content (AvgIpc) is 3.21. The number of hydrogen-bond acceptors (Lipinski definition) is 6. The molecule has 0 bridgehead atoms. The molecule has 0 saturated heterocycles. The van der Waals surface area contributed by atoms with Gasteiger partial charge in [-0.1, -0.05) is 23.7 Å². The maximum atomic E-state index is 12.0. The van der Waals surface area contributed by atoms with E-state index in [1.54, 1.807) is 31.8 Å². The van der Waals surface area contributed by atoms with E-state index in [0.29, 0.717) is 23.4 Å². The number of imidazole rings is 1. The first-order valence-corrected chi connectivity index (χ1v) is 8.89. The lowest BCUT2D eigenvalue weighted by molar-refractivity contribution is 0.0601. The predicted molar refractivity (Wildman–Crippen MR) is 107 cm³/mol. The van der Waals surface area contributed by atoms with Crippen molar-refractivity contribution in [2.75, 3.05) is 19.5 Å². The highest BCUT2D eigenvalue weighted by molar-refractivity contribution is 6.34. The number of carbonyl (C=O) groups is 1. The molecule has 0 spiro atoms. The van der Waals surface area contributed by atoms with Crippen LogP contribution in [0.2, 0.25) is 5.02 Å². The van der Waals surface area contributed by atoms with Gasteiger partial charge < -0.3 is 14.8 Å². The topological polar surface area (TPSA) is 77.8 Å². The first kappa shape index (κ1) is 18.1. The van der Waals surface area contributed by atoms with E-state index in [9.17, 15) is 4.79 Å². The number of fused-ring (bicyclic) bond motifs is 3. The summed E-state index contributed by atoms with van der Waals surface area (Å²) in [6, 6.07) is 11.1. The molecule has 7 nitrogen and oxygen atoms in total. The summed E-state index contributed by atoms with van der Waals surface area (Å²) >= 11 is 6.26. The van der Waals surface area contributed by atoms with Crippen LogP contribution in [0.3, 0.4) is 0 Å². The zero-order valence-electron chi connectivity index (χ0n) is 15.3. The molecule has 0 amide bonds. The van der Waals surface area contributed by atoms with Gasteiger partial charge in [0.05, 0.1) is 48.4 Å². The summed E-state index contributed by atoms with van der Waals surface area (Å²) < 4.78 is 11.8. The molecule has 2 aromatic heterocycles. The molecule has 0 aliphatic rings. The minimum Gasteiger partial charge on any atom is -0.497 e. The lowest BCUT2D eigenvalue weighted by Gasteiger charge is -2.12. The molecule has 0 saturated carbocycles. The van der Waals surface area contributed by atoms with Crippen LogP contribution in [0.5, 0.6) is 5.75 Å². The van der Waals surface area contributed by atoms with Gasteiger partial charge in [-0.15, -0.1) is 0 Å². The van der Waals surface area contributed by atoms with Gasteiger partial charge in [-0.2, -0.15) is 0 Å². The van der Waals surface area contributed by atoms with E-state index in [1.807, 2.05) is 28.7 Å². The molecule has 1 N–H and O–H groups in total. The van der Waals surface area contributed by atoms with E-state index in [0.717, 1.165) is 16.8 Å². The van der Waals surface area contributed by atoms with Crippen molar-refractivity contribution in [2.45, 2.75) is 6.54 Å². The molecule has 0 aliphatic heterocycles. The molecule has 0 atom stereocenters. The maximum absolute atomic E-state index is 12.0. The highest BCUT2D eigenvalue weighted by Gasteiger charge is 2.16. The molecule has 2 aromatic carbocycles. The minimum atomic E-state index is -0.498. The van der Waals surface area contributed by atoms with Crippen molar-refractivity contribution in [3.05, 3.63) is 65.1 Å². The van der Waals surface area contributed by atoms with Crippen LogP contribution in [0.15, 0.2) is 48.9 Å². The summed E-state index contributed by atoms with van der Waals surface area (Å²) in [5.74, 6) is 0.978. The Hall–Kier alpha value is -3.32. The Balaban J connectivity index is 1.74. The number of carbonyl (C=O) groups excluding carboxylic acids is 1. The Labute approximate surface area is 165 Å². The van der Waals surface area contributed by atoms with Crippen LogP contribution in [0.4, 0.5) is 5.82 Å². The summed E-state index contributed by atoms with van der Waals surface area (Å²) in [6.45, 7) is 0.581. The van der Waals surface area contributed by atoms with E-state index in [2.05, 4.69) is 15.3 Å². The van der Waals surface area contributed by atoms with Crippen molar-refractivity contribution < 1.29 is 14.3 Å². The fourth-order valence-electron chi connectivity index (χ4n) is 3.00. The number of esters is 1. The molecule has 0 fully saturated rings. The molecule has 28 heavy (non-hydrogen) atoms. The molecule has 2 heterocycles. The number of halogens is 1. The van der Waals surface area contributed by atoms with Crippen LogP contribution in [-0.2, 0) is 11.3 Å². The number of ether oxygens (including phenoxy) is 2. The molecule has 4 aromatic rings. The highest BCUT2D eigenvalue weighted by atomic mass is 35.5. The summed E-state index contributed by atoms with van der Waals surface area (Å²) in [6.07, 6.45) is 3.39. The second kappa shape index (κ2) is 7.36. The van der Waals surface area contributed by atoms with Gasteiger partial charge >= 0.3 is 5.97 Å². The Kier molecular flexibility index (Phi) is 4.75. The third kappa shape index (κ3) is 3.20. The number of nitrogens with zero attached hydrogens (tertiary/aromatic N) is 3. The van der Waals surface area contributed by atoms with E-state index >= 15 is 0 Å². The van der Waals surface area contributed by atoms with Crippen LogP contribution in [0.25, 0.3) is 16.6 Å². The van der Waals surface area contributed by atoms with E-state index in [4.69, 9.17) is 21.1 Å². The van der Waals surface area contributed by atoms with Gasteiger partial charge in [-0.3, -0.25) is 4.40 Å². The molecule has 4 rings (SSSR count). The van der Waals surface area contributed by atoms with Gasteiger partial charge in [0.15, 0.2) is 5.82 Å². The number of benzene rings is 2. The third-order valence-electron chi connectivity index (χ3n) is 4.46. The third-order valence-corrected chi connectivity index (χ3v) is 4.77. The van der Waals surface area contributed by atoms with Crippen molar-refractivity contribution in [1.82, 2.24) is 14.4 Å². The average molecular weight is 397 g/mol. The van der Waals surface area contributed by atoms with Gasteiger partial charge in [0.25, 0.3) is 0 Å². The number of aromatic nitrogens is 3. The fourth-order valence-corrected chi connectivity index (χ4v) is 3.23. The van der Waals surface area contributed by atoms with Gasteiger partial charge in [0, 0.05) is 6.54 Å². The Morgan fingerprint density at radius 1 is 1.18 bits per heavy atom. The summed E-state index contributed by atoms with van der Waals surface area (Å²) in [5.41, 5.74) is 3.51. The monoisotopic (exact) mass is 396 g/mol. The first-order valence-electron chi connectivity index (χ1n) is 8.51. The van der Waals surface area contributed by atoms with Crippen molar-refractivity contribution in [1.29, 1.82) is 0 Å². The zero-order chi connectivity index (χ0) is 19.7. The molecular formula is C20H17ClN4O3. The fraction of sp³-hybridized carbons (Fsp3) is 0.150. The van der Waals surface area contributed by atoms with E-state index in [-0.39, 0.29) is 10.6 Å². The van der Waals surface area contributed by atoms with Crippen molar-refractivity contribution in [2.24, 2.45) is 0 Å². The minimum absolute atomic E-state index is 0.285. The van der Waals surface area contributed by atoms with Crippen molar-refractivity contribution in [3.63, 3.8) is 0 Å². The largest absolute Gasteiger partial charge is 0.497 e. The lowest BCUT2D eigenvalue weighted by Crippen LogP contribution is -2.06. The molecule has 8 heteroatoms. The smallest absolute Gasteiger partial charge is 0.339 e. The molecule has 0 aliphatic carbocycles. The van der Waals surface area contributed by atoms with Crippen molar-refractivity contribution in [3.8, 4) is 5.75 Å². The lowest BCUT2D eigenvalue weighted by atomic mass is 10.2. The van der Waals surface area contributed by atoms with Crippen LogP contribution in [0, 0.1) is 0 Å². The SMILES string of the molecule is COC(=O)c1cc2c(cc1Cl)nc(NCc1ccc(OC)cc1)c1cncn12. The summed E-state index contributed by atoms with van der Waals surface area (Å²) in [5, 5.41) is 3.62. The van der Waals surface area contributed by atoms with Crippen LogP contribution in [0.1, 0.15) is 15.9 Å². The number of anilines is 1. The predicted octanol–water partition coefficient (Wildman–Crippen LogP) is 3.94.